The van der Waals surface area contributed by atoms with Gasteiger partial charge < -0.3 is 9.88 Å². The Labute approximate surface area is 141 Å². The lowest BCUT2D eigenvalue weighted by Crippen LogP contribution is -2.16. The molecule has 3 nitrogen and oxygen atoms in total. The zero-order valence-corrected chi connectivity index (χ0v) is 13.9. The highest BCUT2D eigenvalue weighted by Gasteiger charge is 1.99. The number of aryl methyl sites for hydroxylation is 1. The van der Waals surface area contributed by atoms with Crippen LogP contribution in [0, 0.1) is 0 Å². The summed E-state index contributed by atoms with van der Waals surface area (Å²) >= 11 is 11.8. The number of benzene rings is 1. The maximum absolute atomic E-state index is 5.95. The van der Waals surface area contributed by atoms with E-state index in [1.54, 1.807) is 6.20 Å². The third-order valence-corrected chi connectivity index (χ3v) is 3.38. The van der Waals surface area contributed by atoms with Gasteiger partial charge in [0.15, 0.2) is 0 Å². The first kappa shape index (κ1) is 19.6. The van der Waals surface area contributed by atoms with Gasteiger partial charge in [-0.25, -0.2) is 4.98 Å². The van der Waals surface area contributed by atoms with Crippen molar-refractivity contribution in [2.75, 3.05) is 6.54 Å². The second kappa shape index (κ2) is 10.3. The molecule has 112 valence electrons. The summed E-state index contributed by atoms with van der Waals surface area (Å²) in [4.78, 5) is 4.00. The lowest BCUT2D eigenvalue weighted by molar-refractivity contribution is 0.581. The Hall–Kier alpha value is -0.450. The fourth-order valence-electron chi connectivity index (χ4n) is 1.69. The molecule has 0 fully saturated rings. The van der Waals surface area contributed by atoms with Crippen molar-refractivity contribution in [1.29, 1.82) is 0 Å². The van der Waals surface area contributed by atoms with Gasteiger partial charge in [0.05, 0.1) is 16.4 Å². The van der Waals surface area contributed by atoms with Gasteiger partial charge in [-0.3, -0.25) is 0 Å². The highest BCUT2D eigenvalue weighted by molar-refractivity contribution is 6.42. The van der Waals surface area contributed by atoms with E-state index in [9.17, 15) is 0 Å². The maximum atomic E-state index is 5.95. The molecule has 0 saturated heterocycles. The monoisotopic (exact) mass is 355 g/mol. The van der Waals surface area contributed by atoms with Crippen LogP contribution in [0.2, 0.25) is 10.0 Å². The molecule has 0 atom stereocenters. The van der Waals surface area contributed by atoms with E-state index in [0.29, 0.717) is 10.0 Å². The Balaban J connectivity index is 0.00000180. The van der Waals surface area contributed by atoms with Crippen LogP contribution in [0.4, 0.5) is 0 Å². The molecule has 2 aromatic rings. The third-order valence-electron chi connectivity index (χ3n) is 2.64. The van der Waals surface area contributed by atoms with Gasteiger partial charge >= 0.3 is 0 Å². The molecule has 1 N–H and O–H groups in total. The Morgan fingerprint density at radius 1 is 1.15 bits per heavy atom. The zero-order valence-electron chi connectivity index (χ0n) is 10.8. The van der Waals surface area contributed by atoms with Gasteiger partial charge in [-0.2, -0.15) is 0 Å². The first-order valence-electron chi connectivity index (χ1n) is 5.86. The number of hydrogen-bond donors (Lipinski definition) is 1. The SMILES string of the molecule is Cl.Cl.Clc1ccc(CNCCCn2ccnc2)cc1Cl. The lowest BCUT2D eigenvalue weighted by atomic mass is 10.2. The minimum Gasteiger partial charge on any atom is -0.337 e. The Morgan fingerprint density at radius 3 is 2.60 bits per heavy atom. The van der Waals surface area contributed by atoms with Crippen molar-refractivity contribution in [3.8, 4) is 0 Å². The Bertz CT molecular complexity index is 488. The molecule has 7 heteroatoms. The van der Waals surface area contributed by atoms with E-state index < -0.39 is 0 Å². The molecular weight excluding hydrogens is 340 g/mol. The van der Waals surface area contributed by atoms with Crippen molar-refractivity contribution >= 4 is 48.0 Å². The number of aromatic nitrogens is 2. The van der Waals surface area contributed by atoms with E-state index in [1.165, 1.54) is 0 Å². The van der Waals surface area contributed by atoms with Crippen LogP contribution in [0.5, 0.6) is 0 Å². The van der Waals surface area contributed by atoms with Crippen LogP contribution in [0.3, 0.4) is 0 Å². The van der Waals surface area contributed by atoms with Crippen molar-refractivity contribution < 1.29 is 0 Å². The van der Waals surface area contributed by atoms with Gasteiger partial charge in [-0.15, -0.1) is 24.8 Å². The predicted molar refractivity (Wildman–Crippen MR) is 89.5 cm³/mol. The average Bonchev–Trinajstić information content (AvgIpc) is 2.86. The number of halogens is 4. The highest BCUT2D eigenvalue weighted by Crippen LogP contribution is 2.22. The molecule has 2 rings (SSSR count). The van der Waals surface area contributed by atoms with Gasteiger partial charge in [-0.1, -0.05) is 29.3 Å². The topological polar surface area (TPSA) is 29.9 Å². The number of nitrogens with one attached hydrogen (secondary N) is 1. The van der Waals surface area contributed by atoms with Crippen LogP contribution in [0.15, 0.2) is 36.9 Å². The normalized spacial score (nSPS) is 9.70. The summed E-state index contributed by atoms with van der Waals surface area (Å²) in [5.41, 5.74) is 1.15. The minimum atomic E-state index is 0. The number of rotatable bonds is 6. The molecule has 1 heterocycles. The maximum Gasteiger partial charge on any atom is 0.0945 e. The number of hydrogen-bond acceptors (Lipinski definition) is 2. The van der Waals surface area contributed by atoms with Crippen molar-refractivity contribution in [1.82, 2.24) is 14.9 Å². The summed E-state index contributed by atoms with van der Waals surface area (Å²) in [7, 11) is 0. The first-order valence-corrected chi connectivity index (χ1v) is 6.61. The molecule has 0 radical (unpaired) electrons. The minimum absolute atomic E-state index is 0. The fourth-order valence-corrected chi connectivity index (χ4v) is 2.01. The average molecular weight is 357 g/mol. The Kier molecular flexibility index (Phi) is 10.1. The predicted octanol–water partition coefficient (Wildman–Crippen LogP) is 4.21. The second-order valence-electron chi connectivity index (χ2n) is 4.08. The van der Waals surface area contributed by atoms with E-state index in [-0.39, 0.29) is 24.8 Å². The largest absolute Gasteiger partial charge is 0.337 e. The zero-order chi connectivity index (χ0) is 12.8. The standard InChI is InChI=1S/C13H15Cl2N3.2ClH/c14-12-3-2-11(8-13(12)15)9-16-4-1-6-18-7-5-17-10-18;;/h2-3,5,7-8,10,16H,1,4,6,9H2;2*1H. The summed E-state index contributed by atoms with van der Waals surface area (Å²) in [6.45, 7) is 2.74. The van der Waals surface area contributed by atoms with Crippen molar-refractivity contribution in [3.05, 3.63) is 52.5 Å². The molecule has 0 spiro atoms. The highest BCUT2D eigenvalue weighted by atomic mass is 35.5. The van der Waals surface area contributed by atoms with E-state index in [1.807, 2.05) is 30.7 Å². The molecule has 0 bridgehead atoms. The molecule has 0 amide bonds. The van der Waals surface area contributed by atoms with Crippen molar-refractivity contribution in [2.45, 2.75) is 19.5 Å². The molecule has 1 aromatic heterocycles. The number of imidazole rings is 1. The molecule has 20 heavy (non-hydrogen) atoms. The Morgan fingerprint density at radius 2 is 1.95 bits per heavy atom. The molecule has 0 saturated carbocycles. The van der Waals surface area contributed by atoms with E-state index >= 15 is 0 Å². The molecule has 1 aromatic carbocycles. The molecule has 0 aliphatic carbocycles. The quantitative estimate of drug-likeness (QED) is 0.785. The van der Waals surface area contributed by atoms with Crippen molar-refractivity contribution in [3.63, 3.8) is 0 Å². The van der Waals surface area contributed by atoms with E-state index in [2.05, 4.69) is 14.9 Å². The lowest BCUT2D eigenvalue weighted by Gasteiger charge is -2.06. The summed E-state index contributed by atoms with van der Waals surface area (Å²) in [5, 5.41) is 4.58. The van der Waals surface area contributed by atoms with Gasteiger partial charge in [0, 0.05) is 25.5 Å². The molecular formula is C13H17Cl4N3. The summed E-state index contributed by atoms with van der Waals surface area (Å²) in [6.07, 6.45) is 6.67. The molecule has 0 aliphatic rings. The van der Waals surface area contributed by atoms with Crippen LogP contribution in [0.25, 0.3) is 0 Å². The van der Waals surface area contributed by atoms with Gasteiger partial charge in [0.1, 0.15) is 0 Å². The van der Waals surface area contributed by atoms with Crippen molar-refractivity contribution in [2.24, 2.45) is 0 Å². The van der Waals surface area contributed by atoms with Crippen LogP contribution >= 0.6 is 48.0 Å². The van der Waals surface area contributed by atoms with Crippen LogP contribution < -0.4 is 5.32 Å². The fraction of sp³-hybridized carbons (Fsp3) is 0.308. The van der Waals surface area contributed by atoms with Gasteiger partial charge in [-0.05, 0) is 30.7 Å². The number of nitrogens with zero attached hydrogens (tertiary/aromatic N) is 2. The van der Waals surface area contributed by atoms with Crippen LogP contribution in [-0.2, 0) is 13.1 Å². The first-order chi connectivity index (χ1) is 8.75. The smallest absolute Gasteiger partial charge is 0.0945 e. The van der Waals surface area contributed by atoms with Crippen LogP contribution in [-0.4, -0.2) is 16.1 Å². The third kappa shape index (κ3) is 6.33. The van der Waals surface area contributed by atoms with Gasteiger partial charge in [0.25, 0.3) is 0 Å². The van der Waals surface area contributed by atoms with E-state index in [4.69, 9.17) is 23.2 Å². The summed E-state index contributed by atoms with van der Waals surface area (Å²) < 4.78 is 2.07. The van der Waals surface area contributed by atoms with Crippen LogP contribution in [0.1, 0.15) is 12.0 Å². The summed E-state index contributed by atoms with van der Waals surface area (Å²) in [5.74, 6) is 0. The molecule has 0 aliphatic heterocycles. The van der Waals surface area contributed by atoms with E-state index in [0.717, 1.165) is 31.6 Å². The summed E-state index contributed by atoms with van der Waals surface area (Å²) in [6, 6.07) is 5.70. The second-order valence-corrected chi connectivity index (χ2v) is 4.89. The van der Waals surface area contributed by atoms with Gasteiger partial charge in [0.2, 0.25) is 0 Å². The molecule has 0 unspecified atom stereocenters.